The summed E-state index contributed by atoms with van der Waals surface area (Å²) in [5.41, 5.74) is 3.54. The molecule has 0 radical (unpaired) electrons. The van der Waals surface area contributed by atoms with E-state index in [0.29, 0.717) is 11.6 Å². The minimum absolute atomic E-state index is 0.339. The Morgan fingerprint density at radius 2 is 1.70 bits per heavy atom. The molecule has 2 N–H and O–H groups in total. The minimum Gasteiger partial charge on any atom is -0.507 e. The van der Waals surface area contributed by atoms with Crippen LogP contribution in [0.15, 0.2) is 18.2 Å². The number of anilines is 1. The van der Waals surface area contributed by atoms with Crippen LogP contribution in [0.25, 0.3) is 11.4 Å². The summed E-state index contributed by atoms with van der Waals surface area (Å²) in [7, 11) is 0. The van der Waals surface area contributed by atoms with Crippen molar-refractivity contribution in [2.75, 3.05) is 11.9 Å². The normalized spacial score (nSPS) is 10.6. The molecule has 0 saturated heterocycles. The van der Waals surface area contributed by atoms with E-state index in [9.17, 15) is 5.11 Å². The Kier molecular flexibility index (Phi) is 4.23. The second-order valence-electron chi connectivity index (χ2n) is 5.10. The average molecular weight is 271 g/mol. The van der Waals surface area contributed by atoms with E-state index in [2.05, 4.69) is 22.2 Å². The smallest absolute Gasteiger partial charge is 0.161 e. The fraction of sp³-hybridized carbons (Fsp3) is 0.375. The lowest BCUT2D eigenvalue weighted by molar-refractivity contribution is 0.467. The van der Waals surface area contributed by atoms with Gasteiger partial charge in [-0.05, 0) is 50.5 Å². The van der Waals surface area contributed by atoms with Crippen LogP contribution >= 0.6 is 0 Å². The highest BCUT2D eigenvalue weighted by atomic mass is 16.3. The first-order valence-electron chi connectivity index (χ1n) is 6.91. The number of aromatic nitrogens is 2. The van der Waals surface area contributed by atoms with Crippen LogP contribution in [-0.4, -0.2) is 21.6 Å². The molecule has 0 fully saturated rings. The molecule has 1 aromatic heterocycles. The van der Waals surface area contributed by atoms with Crippen molar-refractivity contribution in [3.05, 3.63) is 35.0 Å². The van der Waals surface area contributed by atoms with Crippen molar-refractivity contribution < 1.29 is 5.11 Å². The molecule has 0 aliphatic rings. The van der Waals surface area contributed by atoms with Crippen molar-refractivity contribution in [1.29, 1.82) is 0 Å². The van der Waals surface area contributed by atoms with Gasteiger partial charge in [-0.1, -0.05) is 6.92 Å². The van der Waals surface area contributed by atoms with Crippen LogP contribution < -0.4 is 5.32 Å². The first-order chi connectivity index (χ1) is 9.51. The van der Waals surface area contributed by atoms with Gasteiger partial charge >= 0.3 is 0 Å². The molecule has 1 aromatic carbocycles. The zero-order valence-electron chi connectivity index (χ0n) is 12.5. The van der Waals surface area contributed by atoms with Crippen molar-refractivity contribution in [1.82, 2.24) is 9.97 Å². The van der Waals surface area contributed by atoms with Crippen LogP contribution in [0, 0.1) is 20.8 Å². The van der Waals surface area contributed by atoms with Gasteiger partial charge in [0, 0.05) is 23.9 Å². The van der Waals surface area contributed by atoms with Crippen LogP contribution in [0.3, 0.4) is 0 Å². The summed E-state index contributed by atoms with van der Waals surface area (Å²) in [5.74, 6) is 1.87. The number of hydrogen-bond donors (Lipinski definition) is 2. The topological polar surface area (TPSA) is 58.0 Å². The number of benzene rings is 1. The summed E-state index contributed by atoms with van der Waals surface area (Å²) >= 11 is 0. The number of aryl methyl sites for hydroxylation is 3. The Labute approximate surface area is 119 Å². The van der Waals surface area contributed by atoms with E-state index in [1.807, 2.05) is 39.0 Å². The third-order valence-corrected chi connectivity index (χ3v) is 3.16. The van der Waals surface area contributed by atoms with Gasteiger partial charge in [0.1, 0.15) is 11.6 Å². The fourth-order valence-electron chi connectivity index (χ4n) is 2.13. The van der Waals surface area contributed by atoms with E-state index in [0.717, 1.165) is 41.2 Å². The van der Waals surface area contributed by atoms with E-state index >= 15 is 0 Å². The summed E-state index contributed by atoms with van der Waals surface area (Å²) in [6.45, 7) is 8.75. The molecule has 0 unspecified atom stereocenters. The van der Waals surface area contributed by atoms with E-state index in [-0.39, 0.29) is 0 Å². The van der Waals surface area contributed by atoms with Crippen molar-refractivity contribution >= 4 is 5.82 Å². The number of phenolic OH excluding ortho intramolecular Hbond substituents is 1. The highest BCUT2D eigenvalue weighted by molar-refractivity contribution is 5.62. The maximum Gasteiger partial charge on any atom is 0.161 e. The first kappa shape index (κ1) is 14.3. The molecule has 0 bridgehead atoms. The predicted molar refractivity (Wildman–Crippen MR) is 82.1 cm³/mol. The van der Waals surface area contributed by atoms with E-state index < -0.39 is 0 Å². The van der Waals surface area contributed by atoms with Crippen LogP contribution in [0.1, 0.15) is 30.2 Å². The molecule has 0 aliphatic carbocycles. The van der Waals surface area contributed by atoms with Crippen molar-refractivity contribution in [2.24, 2.45) is 0 Å². The van der Waals surface area contributed by atoms with Gasteiger partial charge in [0.15, 0.2) is 5.82 Å². The molecule has 2 aromatic rings. The van der Waals surface area contributed by atoms with E-state index in [4.69, 9.17) is 0 Å². The summed E-state index contributed by atoms with van der Waals surface area (Å²) in [6, 6.07) is 5.78. The van der Waals surface area contributed by atoms with Gasteiger partial charge in [-0.25, -0.2) is 9.97 Å². The molecule has 2 rings (SSSR count). The van der Waals surface area contributed by atoms with Gasteiger partial charge in [-0.15, -0.1) is 0 Å². The number of nitrogens with one attached hydrogen (secondary N) is 1. The minimum atomic E-state index is 0.339. The van der Waals surface area contributed by atoms with Gasteiger partial charge < -0.3 is 10.4 Å². The monoisotopic (exact) mass is 271 g/mol. The van der Waals surface area contributed by atoms with Gasteiger partial charge in [-0.2, -0.15) is 0 Å². The fourth-order valence-corrected chi connectivity index (χ4v) is 2.13. The Balaban J connectivity index is 2.44. The maximum absolute atomic E-state index is 9.85. The van der Waals surface area contributed by atoms with E-state index in [1.54, 1.807) is 0 Å². The van der Waals surface area contributed by atoms with E-state index in [1.165, 1.54) is 0 Å². The molecule has 106 valence electrons. The largest absolute Gasteiger partial charge is 0.507 e. The van der Waals surface area contributed by atoms with Gasteiger partial charge in [0.2, 0.25) is 0 Å². The number of hydrogen-bond acceptors (Lipinski definition) is 4. The third-order valence-electron chi connectivity index (χ3n) is 3.16. The molecular formula is C16H21N3O. The van der Waals surface area contributed by atoms with Crippen molar-refractivity contribution in [2.45, 2.75) is 34.1 Å². The predicted octanol–water partition coefficient (Wildman–Crippen LogP) is 3.60. The molecule has 0 saturated carbocycles. The van der Waals surface area contributed by atoms with Crippen LogP contribution in [0.4, 0.5) is 5.82 Å². The quantitative estimate of drug-likeness (QED) is 0.892. The molecule has 0 spiro atoms. The standard InChI is InChI=1S/C16H21N3O/c1-5-6-17-14-9-12(4)18-16(19-14)13-7-10(2)15(20)11(3)8-13/h7-9,20H,5-6H2,1-4H3,(H,17,18,19). The highest BCUT2D eigenvalue weighted by Gasteiger charge is 2.09. The van der Waals surface area contributed by atoms with Crippen molar-refractivity contribution in [3.8, 4) is 17.1 Å². The molecule has 0 aliphatic heterocycles. The van der Waals surface area contributed by atoms with Gasteiger partial charge in [0.05, 0.1) is 0 Å². The van der Waals surface area contributed by atoms with Crippen molar-refractivity contribution in [3.63, 3.8) is 0 Å². The first-order valence-corrected chi connectivity index (χ1v) is 6.91. The van der Waals surface area contributed by atoms with Gasteiger partial charge in [-0.3, -0.25) is 0 Å². The highest BCUT2D eigenvalue weighted by Crippen LogP contribution is 2.28. The van der Waals surface area contributed by atoms with Crippen LogP contribution in [0.2, 0.25) is 0 Å². The second kappa shape index (κ2) is 5.90. The lowest BCUT2D eigenvalue weighted by Gasteiger charge is -2.10. The number of phenols is 1. The lowest BCUT2D eigenvalue weighted by atomic mass is 10.1. The third kappa shape index (κ3) is 3.07. The number of aromatic hydroxyl groups is 1. The van der Waals surface area contributed by atoms with Gasteiger partial charge in [0.25, 0.3) is 0 Å². The average Bonchev–Trinajstić information content (AvgIpc) is 2.41. The summed E-state index contributed by atoms with van der Waals surface area (Å²) < 4.78 is 0. The Morgan fingerprint density at radius 3 is 2.30 bits per heavy atom. The lowest BCUT2D eigenvalue weighted by Crippen LogP contribution is -2.04. The zero-order valence-corrected chi connectivity index (χ0v) is 12.5. The number of rotatable bonds is 4. The number of nitrogens with zero attached hydrogens (tertiary/aromatic N) is 2. The second-order valence-corrected chi connectivity index (χ2v) is 5.10. The molecule has 0 amide bonds. The summed E-state index contributed by atoms with van der Waals surface area (Å²) in [4.78, 5) is 9.04. The Hall–Kier alpha value is -2.10. The van der Waals surface area contributed by atoms with Crippen LogP contribution in [0.5, 0.6) is 5.75 Å². The molecule has 0 atom stereocenters. The SMILES string of the molecule is CCCNc1cc(C)nc(-c2cc(C)c(O)c(C)c2)n1. The molecule has 1 heterocycles. The zero-order chi connectivity index (χ0) is 14.7. The summed E-state index contributed by atoms with van der Waals surface area (Å²) in [6.07, 6.45) is 1.05. The molecule has 4 nitrogen and oxygen atoms in total. The Morgan fingerprint density at radius 1 is 1.05 bits per heavy atom. The maximum atomic E-state index is 9.85. The molecular weight excluding hydrogens is 250 g/mol. The summed E-state index contributed by atoms with van der Waals surface area (Å²) in [5, 5.41) is 13.1. The van der Waals surface area contributed by atoms with Crippen LogP contribution in [-0.2, 0) is 0 Å². The molecule has 4 heteroatoms. The molecule has 20 heavy (non-hydrogen) atoms. The Bertz CT molecular complexity index is 600.